The fourth-order valence-electron chi connectivity index (χ4n) is 1.44. The Labute approximate surface area is 122 Å². The molecule has 0 spiro atoms. The van der Waals surface area contributed by atoms with Crippen LogP contribution in [0.5, 0.6) is 0 Å². The summed E-state index contributed by atoms with van der Waals surface area (Å²) in [5, 5.41) is 3.06. The molecule has 0 atom stereocenters. The Morgan fingerprint density at radius 1 is 1.44 bits per heavy atom. The van der Waals surface area contributed by atoms with E-state index in [0.717, 1.165) is 10.2 Å². The second-order valence-corrected chi connectivity index (χ2v) is 6.46. The number of carbonyl (C=O) groups is 1. The molecule has 0 unspecified atom stereocenters. The molecule has 3 nitrogen and oxygen atoms in total. The van der Waals surface area contributed by atoms with Crippen molar-refractivity contribution >= 4 is 44.8 Å². The highest BCUT2D eigenvalue weighted by molar-refractivity contribution is 9.11. The van der Waals surface area contributed by atoms with Gasteiger partial charge in [-0.05, 0) is 46.6 Å². The molecule has 6 heteroatoms. The van der Waals surface area contributed by atoms with Crippen LogP contribution in [-0.2, 0) is 6.42 Å². The summed E-state index contributed by atoms with van der Waals surface area (Å²) in [7, 11) is 0. The third kappa shape index (κ3) is 3.54. The summed E-state index contributed by atoms with van der Waals surface area (Å²) in [4.78, 5) is 16.9. The van der Waals surface area contributed by atoms with Gasteiger partial charge in [0.2, 0.25) is 0 Å². The van der Waals surface area contributed by atoms with E-state index in [1.165, 1.54) is 4.88 Å². The molecular weight excluding hydrogens is 336 g/mol. The van der Waals surface area contributed by atoms with Crippen LogP contribution >= 0.6 is 38.9 Å². The minimum atomic E-state index is -0.191. The van der Waals surface area contributed by atoms with Crippen LogP contribution in [0.4, 0.5) is 0 Å². The van der Waals surface area contributed by atoms with Gasteiger partial charge in [0.25, 0.3) is 5.91 Å². The molecule has 2 heterocycles. The number of rotatable bonds is 4. The first-order valence-corrected chi connectivity index (χ1v) is 7.28. The summed E-state index contributed by atoms with van der Waals surface area (Å²) in [6, 6.07) is 7.39. The minimum absolute atomic E-state index is 0.191. The van der Waals surface area contributed by atoms with Gasteiger partial charge in [0.1, 0.15) is 5.15 Å². The van der Waals surface area contributed by atoms with Crippen molar-refractivity contribution in [1.29, 1.82) is 0 Å². The van der Waals surface area contributed by atoms with Crippen molar-refractivity contribution in [2.75, 3.05) is 6.54 Å². The van der Waals surface area contributed by atoms with Gasteiger partial charge in [0, 0.05) is 17.6 Å². The third-order valence-electron chi connectivity index (χ3n) is 2.29. The molecule has 2 aromatic rings. The topological polar surface area (TPSA) is 42.0 Å². The molecule has 1 amide bonds. The Balaban J connectivity index is 1.87. The SMILES string of the molecule is O=C(NCCc1ccc(Br)s1)c1cccnc1Cl. The summed E-state index contributed by atoms with van der Waals surface area (Å²) in [6.07, 6.45) is 2.36. The van der Waals surface area contributed by atoms with Crippen LogP contribution in [0.3, 0.4) is 0 Å². The smallest absolute Gasteiger partial charge is 0.254 e. The molecular formula is C12H10BrClN2OS. The lowest BCUT2D eigenvalue weighted by atomic mass is 10.2. The van der Waals surface area contributed by atoms with Crippen molar-refractivity contribution in [2.24, 2.45) is 0 Å². The van der Waals surface area contributed by atoms with Crippen molar-refractivity contribution in [3.8, 4) is 0 Å². The molecule has 0 bridgehead atoms. The highest BCUT2D eigenvalue weighted by Gasteiger charge is 2.09. The van der Waals surface area contributed by atoms with Crippen LogP contribution in [-0.4, -0.2) is 17.4 Å². The zero-order valence-electron chi connectivity index (χ0n) is 9.32. The van der Waals surface area contributed by atoms with Gasteiger partial charge in [-0.3, -0.25) is 4.79 Å². The highest BCUT2D eigenvalue weighted by Crippen LogP contribution is 2.22. The molecule has 18 heavy (non-hydrogen) atoms. The van der Waals surface area contributed by atoms with E-state index in [-0.39, 0.29) is 11.1 Å². The molecule has 0 radical (unpaired) electrons. The van der Waals surface area contributed by atoms with Crippen molar-refractivity contribution in [3.05, 3.63) is 49.8 Å². The number of nitrogens with zero attached hydrogens (tertiary/aromatic N) is 1. The van der Waals surface area contributed by atoms with E-state index in [4.69, 9.17) is 11.6 Å². The van der Waals surface area contributed by atoms with Gasteiger partial charge < -0.3 is 5.32 Å². The van der Waals surface area contributed by atoms with E-state index in [9.17, 15) is 4.79 Å². The van der Waals surface area contributed by atoms with E-state index < -0.39 is 0 Å². The standard InChI is InChI=1S/C12H10BrClN2OS/c13-10-4-3-8(18-10)5-7-16-12(17)9-2-1-6-15-11(9)14/h1-4,6H,5,7H2,(H,16,17). The van der Waals surface area contributed by atoms with E-state index in [2.05, 4.69) is 26.2 Å². The molecule has 0 fully saturated rings. The molecule has 0 aromatic carbocycles. The molecule has 1 N–H and O–H groups in total. The number of aromatic nitrogens is 1. The second-order valence-electron chi connectivity index (χ2n) is 3.55. The quantitative estimate of drug-likeness (QED) is 0.861. The lowest BCUT2D eigenvalue weighted by molar-refractivity contribution is 0.0954. The molecule has 0 saturated heterocycles. The zero-order valence-corrected chi connectivity index (χ0v) is 12.5. The van der Waals surface area contributed by atoms with Gasteiger partial charge in [0.15, 0.2) is 0 Å². The Bertz CT molecular complexity index is 559. The monoisotopic (exact) mass is 344 g/mol. The van der Waals surface area contributed by atoms with E-state index >= 15 is 0 Å². The Kier molecular flexibility index (Phi) is 4.74. The number of hydrogen-bond donors (Lipinski definition) is 1. The maximum Gasteiger partial charge on any atom is 0.254 e. The molecule has 0 aliphatic heterocycles. The molecule has 0 aliphatic rings. The third-order valence-corrected chi connectivity index (χ3v) is 4.27. The first-order valence-electron chi connectivity index (χ1n) is 5.30. The molecule has 0 aliphatic carbocycles. The molecule has 2 rings (SSSR count). The Morgan fingerprint density at radius 2 is 2.28 bits per heavy atom. The zero-order chi connectivity index (χ0) is 13.0. The van der Waals surface area contributed by atoms with Crippen LogP contribution in [0.2, 0.25) is 5.15 Å². The van der Waals surface area contributed by atoms with Crippen molar-refractivity contribution in [1.82, 2.24) is 10.3 Å². The predicted molar refractivity (Wildman–Crippen MR) is 77.3 cm³/mol. The van der Waals surface area contributed by atoms with Gasteiger partial charge in [-0.15, -0.1) is 11.3 Å². The van der Waals surface area contributed by atoms with Crippen LogP contribution in [0.1, 0.15) is 15.2 Å². The molecule has 94 valence electrons. The number of halogens is 2. The normalized spacial score (nSPS) is 10.3. The summed E-state index contributed by atoms with van der Waals surface area (Å²) < 4.78 is 1.10. The Morgan fingerprint density at radius 3 is 2.94 bits per heavy atom. The molecule has 0 saturated carbocycles. The largest absolute Gasteiger partial charge is 0.352 e. The summed E-state index contributed by atoms with van der Waals surface area (Å²) in [5.74, 6) is -0.191. The summed E-state index contributed by atoms with van der Waals surface area (Å²) in [6.45, 7) is 0.580. The molecule has 2 aromatic heterocycles. The summed E-state index contributed by atoms with van der Waals surface area (Å²) in [5.41, 5.74) is 0.409. The van der Waals surface area contributed by atoms with Crippen molar-refractivity contribution in [2.45, 2.75) is 6.42 Å². The Hall–Kier alpha value is -0.910. The number of carbonyl (C=O) groups excluding carboxylic acids is 1. The van der Waals surface area contributed by atoms with Gasteiger partial charge in [-0.2, -0.15) is 0 Å². The number of nitrogens with one attached hydrogen (secondary N) is 1. The van der Waals surface area contributed by atoms with Crippen molar-refractivity contribution in [3.63, 3.8) is 0 Å². The first kappa shape index (κ1) is 13.5. The van der Waals surface area contributed by atoms with Crippen molar-refractivity contribution < 1.29 is 4.79 Å². The fourth-order valence-corrected chi connectivity index (χ4v) is 3.12. The van der Waals surface area contributed by atoms with Gasteiger partial charge in [0.05, 0.1) is 9.35 Å². The number of hydrogen-bond acceptors (Lipinski definition) is 3. The van der Waals surface area contributed by atoms with E-state index in [1.807, 2.05) is 12.1 Å². The fraction of sp³-hybridized carbons (Fsp3) is 0.167. The van der Waals surface area contributed by atoms with Gasteiger partial charge in [-0.25, -0.2) is 4.98 Å². The maximum absolute atomic E-state index is 11.8. The van der Waals surface area contributed by atoms with E-state index in [1.54, 1.807) is 29.7 Å². The van der Waals surface area contributed by atoms with Crippen LogP contribution in [0.25, 0.3) is 0 Å². The average molecular weight is 346 g/mol. The van der Waals surface area contributed by atoms with Crippen LogP contribution < -0.4 is 5.32 Å². The van der Waals surface area contributed by atoms with Gasteiger partial charge >= 0.3 is 0 Å². The van der Waals surface area contributed by atoms with E-state index in [0.29, 0.717) is 12.1 Å². The lowest BCUT2D eigenvalue weighted by Crippen LogP contribution is -2.25. The predicted octanol–water partition coefficient (Wildman–Crippen LogP) is 3.53. The summed E-state index contributed by atoms with van der Waals surface area (Å²) >= 11 is 10.9. The first-order chi connectivity index (χ1) is 8.66. The average Bonchev–Trinajstić information content (AvgIpc) is 2.75. The van der Waals surface area contributed by atoms with Crippen LogP contribution in [0, 0.1) is 0 Å². The lowest BCUT2D eigenvalue weighted by Gasteiger charge is -2.05. The maximum atomic E-state index is 11.8. The highest BCUT2D eigenvalue weighted by atomic mass is 79.9. The number of thiophene rings is 1. The second kappa shape index (κ2) is 6.31. The minimum Gasteiger partial charge on any atom is -0.352 e. The van der Waals surface area contributed by atoms with Gasteiger partial charge in [-0.1, -0.05) is 11.6 Å². The van der Waals surface area contributed by atoms with Crippen LogP contribution in [0.15, 0.2) is 34.2 Å². The number of amides is 1. The number of pyridine rings is 1.